The highest BCUT2D eigenvalue weighted by molar-refractivity contribution is 5.95. The maximum Gasteiger partial charge on any atom is 0.241 e. The largest absolute Gasteiger partial charge is 0.386 e. The second-order valence-corrected chi connectivity index (χ2v) is 5.39. The number of amides is 1. The quantitative estimate of drug-likeness (QED) is 0.855. The van der Waals surface area contributed by atoms with E-state index in [2.05, 4.69) is 0 Å². The van der Waals surface area contributed by atoms with Gasteiger partial charge in [0.05, 0.1) is 12.1 Å². The fourth-order valence-corrected chi connectivity index (χ4v) is 2.11. The summed E-state index contributed by atoms with van der Waals surface area (Å²) >= 11 is 0. The van der Waals surface area contributed by atoms with Crippen LogP contribution in [0.4, 0.5) is 5.69 Å². The summed E-state index contributed by atoms with van der Waals surface area (Å²) in [4.78, 5) is 15.7. The molecule has 1 amide bonds. The van der Waals surface area contributed by atoms with Crippen LogP contribution in [0.1, 0.15) is 19.4 Å². The second-order valence-electron chi connectivity index (χ2n) is 5.39. The molecule has 0 atom stereocenters. The summed E-state index contributed by atoms with van der Waals surface area (Å²) in [5, 5.41) is 9.89. The van der Waals surface area contributed by atoms with Gasteiger partial charge in [0.15, 0.2) is 0 Å². The molecule has 4 heteroatoms. The van der Waals surface area contributed by atoms with Crippen molar-refractivity contribution in [1.29, 1.82) is 0 Å². The van der Waals surface area contributed by atoms with Crippen LogP contribution in [0.2, 0.25) is 0 Å². The van der Waals surface area contributed by atoms with Gasteiger partial charge in [-0.3, -0.25) is 9.69 Å². The van der Waals surface area contributed by atoms with Crippen LogP contribution in [0, 0.1) is 0 Å². The van der Waals surface area contributed by atoms with Crippen molar-refractivity contribution in [3.05, 3.63) is 29.8 Å². The Labute approximate surface area is 108 Å². The minimum absolute atomic E-state index is 0.125. The summed E-state index contributed by atoms with van der Waals surface area (Å²) in [6.45, 7) is 5.58. The van der Waals surface area contributed by atoms with Crippen molar-refractivity contribution < 1.29 is 9.90 Å². The molecule has 0 aliphatic carbocycles. The van der Waals surface area contributed by atoms with Crippen molar-refractivity contribution in [3.63, 3.8) is 0 Å². The monoisotopic (exact) mass is 248 g/mol. The molecule has 0 unspecified atom stereocenters. The number of carbonyl (C=O) groups excluding carboxylic acids is 1. The van der Waals surface area contributed by atoms with Crippen LogP contribution in [-0.2, 0) is 10.4 Å². The minimum atomic E-state index is -0.843. The van der Waals surface area contributed by atoms with Gasteiger partial charge < -0.3 is 10.0 Å². The van der Waals surface area contributed by atoms with Crippen LogP contribution in [0.5, 0.6) is 0 Å². The first-order valence-corrected chi connectivity index (χ1v) is 6.20. The Hall–Kier alpha value is -1.39. The summed E-state index contributed by atoms with van der Waals surface area (Å²) < 4.78 is 0. The molecule has 1 aromatic rings. The number of hydrogen-bond donors (Lipinski definition) is 1. The number of hydrogen-bond acceptors (Lipinski definition) is 3. The Balaban J connectivity index is 2.17. The van der Waals surface area contributed by atoms with Gasteiger partial charge in [0.25, 0.3) is 0 Å². The Morgan fingerprint density at radius 1 is 1.17 bits per heavy atom. The second kappa shape index (κ2) is 4.71. The summed E-state index contributed by atoms with van der Waals surface area (Å²) in [5.41, 5.74) is 0.916. The van der Waals surface area contributed by atoms with Crippen LogP contribution in [0.15, 0.2) is 24.3 Å². The first-order chi connectivity index (χ1) is 8.38. The van der Waals surface area contributed by atoms with Crippen molar-refractivity contribution in [2.75, 3.05) is 31.6 Å². The number of rotatable bonds is 2. The third-order valence-corrected chi connectivity index (χ3v) is 3.30. The number of benzene rings is 1. The molecule has 1 saturated heterocycles. The highest BCUT2D eigenvalue weighted by Gasteiger charge is 2.23. The SMILES string of the molecule is CN1CCN(c2ccc(C(C)(C)O)cc2)C(=O)C1. The van der Waals surface area contributed by atoms with E-state index in [1.807, 2.05) is 36.2 Å². The summed E-state index contributed by atoms with van der Waals surface area (Å²) in [5.74, 6) is 0.125. The van der Waals surface area contributed by atoms with Gasteiger partial charge in [-0.25, -0.2) is 0 Å². The van der Waals surface area contributed by atoms with E-state index in [0.29, 0.717) is 6.54 Å². The molecule has 98 valence electrons. The fraction of sp³-hybridized carbons (Fsp3) is 0.500. The van der Waals surface area contributed by atoms with E-state index in [-0.39, 0.29) is 5.91 Å². The number of carbonyl (C=O) groups is 1. The van der Waals surface area contributed by atoms with Gasteiger partial charge in [-0.15, -0.1) is 0 Å². The molecular weight excluding hydrogens is 228 g/mol. The van der Waals surface area contributed by atoms with Gasteiger partial charge in [0.2, 0.25) is 5.91 Å². The van der Waals surface area contributed by atoms with E-state index in [4.69, 9.17) is 0 Å². The third kappa shape index (κ3) is 2.71. The number of nitrogens with zero attached hydrogens (tertiary/aromatic N) is 2. The fourth-order valence-electron chi connectivity index (χ4n) is 2.11. The lowest BCUT2D eigenvalue weighted by Crippen LogP contribution is -2.48. The molecule has 4 nitrogen and oxygen atoms in total. The van der Waals surface area contributed by atoms with Gasteiger partial charge in [-0.1, -0.05) is 12.1 Å². The molecule has 18 heavy (non-hydrogen) atoms. The maximum absolute atomic E-state index is 11.9. The van der Waals surface area contributed by atoms with Crippen LogP contribution < -0.4 is 4.90 Å². The average molecular weight is 248 g/mol. The number of piperazine rings is 1. The first kappa shape index (κ1) is 13.1. The van der Waals surface area contributed by atoms with E-state index in [9.17, 15) is 9.90 Å². The number of anilines is 1. The molecule has 0 spiro atoms. The van der Waals surface area contributed by atoms with Crippen molar-refractivity contribution >= 4 is 11.6 Å². The molecule has 0 bridgehead atoms. The third-order valence-electron chi connectivity index (χ3n) is 3.30. The van der Waals surface area contributed by atoms with Gasteiger partial charge in [0.1, 0.15) is 0 Å². The normalized spacial score (nSPS) is 18.2. The topological polar surface area (TPSA) is 43.8 Å². The highest BCUT2D eigenvalue weighted by atomic mass is 16.3. The maximum atomic E-state index is 11.9. The van der Waals surface area contributed by atoms with Crippen molar-refractivity contribution in [2.45, 2.75) is 19.4 Å². The van der Waals surface area contributed by atoms with Crippen molar-refractivity contribution in [3.8, 4) is 0 Å². The number of aliphatic hydroxyl groups is 1. The number of likely N-dealkylation sites (N-methyl/N-ethyl adjacent to an activating group) is 1. The molecular formula is C14H20N2O2. The van der Waals surface area contributed by atoms with E-state index < -0.39 is 5.60 Å². The summed E-state index contributed by atoms with van der Waals surface area (Å²) in [7, 11) is 1.95. The van der Waals surface area contributed by atoms with E-state index in [1.54, 1.807) is 18.7 Å². The molecule has 0 radical (unpaired) electrons. The molecule has 1 aliphatic heterocycles. The van der Waals surface area contributed by atoms with Crippen molar-refractivity contribution in [1.82, 2.24) is 4.90 Å². The van der Waals surface area contributed by atoms with Gasteiger partial charge in [-0.05, 0) is 38.6 Å². The van der Waals surface area contributed by atoms with E-state index in [0.717, 1.165) is 24.3 Å². The van der Waals surface area contributed by atoms with Crippen molar-refractivity contribution in [2.24, 2.45) is 0 Å². The van der Waals surface area contributed by atoms with Crippen LogP contribution in [-0.4, -0.2) is 42.6 Å². The lowest BCUT2D eigenvalue weighted by atomic mass is 9.98. The molecule has 1 aromatic carbocycles. The highest BCUT2D eigenvalue weighted by Crippen LogP contribution is 2.23. The molecule has 2 rings (SSSR count). The van der Waals surface area contributed by atoms with Gasteiger partial charge >= 0.3 is 0 Å². The minimum Gasteiger partial charge on any atom is -0.386 e. The lowest BCUT2D eigenvalue weighted by molar-refractivity contribution is -0.120. The molecule has 1 N–H and O–H groups in total. The van der Waals surface area contributed by atoms with Gasteiger partial charge in [-0.2, -0.15) is 0 Å². The Morgan fingerprint density at radius 3 is 2.28 bits per heavy atom. The molecule has 0 aromatic heterocycles. The molecule has 0 saturated carbocycles. The first-order valence-electron chi connectivity index (χ1n) is 6.20. The van der Waals surface area contributed by atoms with Crippen LogP contribution in [0.25, 0.3) is 0 Å². The Bertz CT molecular complexity index is 434. The molecule has 1 aliphatic rings. The Morgan fingerprint density at radius 2 is 1.78 bits per heavy atom. The zero-order valence-corrected chi connectivity index (χ0v) is 11.2. The van der Waals surface area contributed by atoms with E-state index in [1.165, 1.54) is 0 Å². The molecule has 1 fully saturated rings. The zero-order valence-electron chi connectivity index (χ0n) is 11.2. The summed E-state index contributed by atoms with van der Waals surface area (Å²) in [6.07, 6.45) is 0. The van der Waals surface area contributed by atoms with E-state index >= 15 is 0 Å². The smallest absolute Gasteiger partial charge is 0.241 e. The van der Waals surface area contributed by atoms with Crippen LogP contribution >= 0.6 is 0 Å². The predicted molar refractivity (Wildman–Crippen MR) is 71.5 cm³/mol. The average Bonchev–Trinajstić information content (AvgIpc) is 2.28. The Kier molecular flexibility index (Phi) is 3.41. The zero-order chi connectivity index (χ0) is 13.3. The summed E-state index contributed by atoms with van der Waals surface area (Å²) in [6, 6.07) is 7.55. The molecule has 1 heterocycles. The van der Waals surface area contributed by atoms with Crippen LogP contribution in [0.3, 0.4) is 0 Å². The lowest BCUT2D eigenvalue weighted by Gasteiger charge is -2.32. The van der Waals surface area contributed by atoms with Gasteiger partial charge in [0, 0.05) is 18.8 Å². The predicted octanol–water partition coefficient (Wildman–Crippen LogP) is 1.19. The standard InChI is InChI=1S/C14H20N2O2/c1-14(2,18)11-4-6-12(7-5-11)16-9-8-15(3)10-13(16)17/h4-7,18H,8-10H2,1-3H3.